The fourth-order valence-corrected chi connectivity index (χ4v) is 1.03. The van der Waals surface area contributed by atoms with Gasteiger partial charge in [0.05, 0.1) is 39.6 Å². The topological polar surface area (TPSA) is 80.3 Å². The molecule has 7 nitrogen and oxygen atoms in total. The van der Waals surface area contributed by atoms with Crippen LogP contribution in [0.1, 0.15) is 27.7 Å². The van der Waals surface area contributed by atoms with Gasteiger partial charge in [0.15, 0.2) is 0 Å². The van der Waals surface area contributed by atoms with Crippen LogP contribution in [0.5, 0.6) is 0 Å². The van der Waals surface area contributed by atoms with E-state index in [0.29, 0.717) is 26.4 Å². The number of hydrogen-bond acceptors (Lipinski definition) is 7. The van der Waals surface area contributed by atoms with Gasteiger partial charge in [-0.05, 0) is 13.8 Å². The Kier molecular flexibility index (Phi) is 19.8. The molecule has 1 rings (SSSR count). The minimum absolute atomic E-state index is 0.211. The van der Waals surface area contributed by atoms with E-state index < -0.39 is 0 Å². The molecule has 21 heavy (non-hydrogen) atoms. The normalized spacial score (nSPS) is 13.0. The van der Waals surface area contributed by atoms with Gasteiger partial charge in [-0.1, -0.05) is 0 Å². The molecule has 1 aliphatic heterocycles. The molecule has 0 amide bonds. The molecule has 1 heterocycles. The monoisotopic (exact) mass is 308 g/mol. The summed E-state index contributed by atoms with van der Waals surface area (Å²) in [6.07, 6.45) is 0. The van der Waals surface area contributed by atoms with Crippen LogP contribution in [0.25, 0.3) is 0 Å². The fourth-order valence-electron chi connectivity index (χ4n) is 1.03. The number of esters is 2. The molecule has 0 aromatic heterocycles. The molecule has 0 radical (unpaired) electrons. The van der Waals surface area contributed by atoms with Crippen LogP contribution in [0, 0.1) is 0 Å². The Morgan fingerprint density at radius 2 is 1.29 bits per heavy atom. The van der Waals surface area contributed by atoms with Crippen LogP contribution in [0.4, 0.5) is 0 Å². The Balaban J connectivity index is 0. The lowest BCUT2D eigenvalue weighted by molar-refractivity contribution is -0.142. The van der Waals surface area contributed by atoms with Gasteiger partial charge in [0, 0.05) is 20.5 Å². The van der Waals surface area contributed by atoms with Crippen molar-refractivity contribution in [3.8, 4) is 0 Å². The van der Waals surface area contributed by atoms with Crippen LogP contribution < -0.4 is 0 Å². The van der Waals surface area contributed by atoms with Crippen molar-refractivity contribution in [2.24, 2.45) is 0 Å². The van der Waals surface area contributed by atoms with Crippen LogP contribution >= 0.6 is 0 Å². The number of rotatable bonds is 5. The van der Waals surface area contributed by atoms with Gasteiger partial charge in [0.25, 0.3) is 0 Å². The quantitative estimate of drug-likeness (QED) is 0.557. The number of carbonyl (C=O) groups excluding carboxylic acids is 2. The summed E-state index contributed by atoms with van der Waals surface area (Å²) in [4.78, 5) is 20.0. The molecule has 1 fully saturated rings. The van der Waals surface area contributed by atoms with Crippen molar-refractivity contribution in [3.63, 3.8) is 0 Å². The minimum atomic E-state index is -0.255. The summed E-state index contributed by atoms with van der Waals surface area (Å²) in [6, 6.07) is 0. The lowest BCUT2D eigenvalue weighted by Crippen LogP contribution is -2.16. The van der Waals surface area contributed by atoms with E-state index in [1.54, 1.807) is 6.92 Å². The highest BCUT2D eigenvalue weighted by Crippen LogP contribution is 1.85. The van der Waals surface area contributed by atoms with E-state index in [4.69, 9.17) is 14.2 Å². The summed E-state index contributed by atoms with van der Waals surface area (Å²) in [5.41, 5.74) is 0. The fraction of sp³-hybridized carbons (Fsp3) is 0.857. The maximum Gasteiger partial charge on any atom is 0.302 e. The third kappa shape index (κ3) is 27.9. The highest BCUT2D eigenvalue weighted by molar-refractivity contribution is 5.66. The van der Waals surface area contributed by atoms with Crippen LogP contribution in [-0.4, -0.2) is 64.8 Å². The predicted octanol–water partition coefficient (Wildman–Crippen LogP) is 1.19. The average Bonchev–Trinajstić information content (AvgIpc) is 2.46. The van der Waals surface area contributed by atoms with E-state index in [0.717, 1.165) is 26.4 Å². The smallest absolute Gasteiger partial charge is 0.302 e. The van der Waals surface area contributed by atoms with Crippen molar-refractivity contribution < 1.29 is 33.3 Å². The summed E-state index contributed by atoms with van der Waals surface area (Å²) < 4.78 is 23.8. The Morgan fingerprint density at radius 3 is 1.52 bits per heavy atom. The molecule has 1 aliphatic rings. The first kappa shape index (κ1) is 22.1. The summed E-state index contributed by atoms with van der Waals surface area (Å²) in [5, 5.41) is 0. The van der Waals surface area contributed by atoms with Gasteiger partial charge in [-0.2, -0.15) is 0 Å². The molecule has 0 bridgehead atoms. The molecule has 0 aromatic rings. The van der Waals surface area contributed by atoms with Gasteiger partial charge < -0.3 is 23.7 Å². The van der Waals surface area contributed by atoms with Gasteiger partial charge in [-0.25, -0.2) is 0 Å². The number of ether oxygens (including phenoxy) is 5. The van der Waals surface area contributed by atoms with Gasteiger partial charge in [0.2, 0.25) is 0 Å². The van der Waals surface area contributed by atoms with E-state index in [1.165, 1.54) is 13.8 Å². The van der Waals surface area contributed by atoms with Crippen molar-refractivity contribution >= 4 is 11.9 Å². The van der Waals surface area contributed by atoms with E-state index >= 15 is 0 Å². The summed E-state index contributed by atoms with van der Waals surface area (Å²) in [6.45, 7) is 11.6. The minimum Gasteiger partial charge on any atom is -0.466 e. The zero-order valence-corrected chi connectivity index (χ0v) is 13.5. The third-order valence-electron chi connectivity index (χ3n) is 1.83. The molecule has 0 spiro atoms. The first-order valence-electron chi connectivity index (χ1n) is 7.04. The molecule has 1 saturated heterocycles. The standard InChI is InChI=1S/C6H12O3.2C4H8O2/c1-3-8-4-5-9-6(2)7;1-2-6-4-3-5-1;1-3-6-4(2)5/h3-5H2,1-2H3;1-4H2;3H2,1-2H3. The van der Waals surface area contributed by atoms with Crippen molar-refractivity contribution in [2.45, 2.75) is 27.7 Å². The second kappa shape index (κ2) is 18.8. The Hall–Kier alpha value is -1.18. The van der Waals surface area contributed by atoms with Crippen molar-refractivity contribution in [1.29, 1.82) is 0 Å². The summed E-state index contributed by atoms with van der Waals surface area (Å²) in [5.74, 6) is -0.466. The van der Waals surface area contributed by atoms with Gasteiger partial charge in [-0.15, -0.1) is 0 Å². The van der Waals surface area contributed by atoms with E-state index in [1.807, 2.05) is 6.92 Å². The second-order valence-corrected chi connectivity index (χ2v) is 3.69. The van der Waals surface area contributed by atoms with E-state index in [2.05, 4.69) is 9.47 Å². The third-order valence-corrected chi connectivity index (χ3v) is 1.83. The zero-order valence-electron chi connectivity index (χ0n) is 13.5. The van der Waals surface area contributed by atoms with Gasteiger partial charge >= 0.3 is 11.9 Å². The van der Waals surface area contributed by atoms with Crippen molar-refractivity contribution in [1.82, 2.24) is 0 Å². The molecule has 0 saturated carbocycles. The highest BCUT2D eigenvalue weighted by Gasteiger charge is 1.94. The molecule has 126 valence electrons. The maximum absolute atomic E-state index is 10.1. The van der Waals surface area contributed by atoms with E-state index in [9.17, 15) is 9.59 Å². The lowest BCUT2D eigenvalue weighted by atomic mass is 10.6. The summed E-state index contributed by atoms with van der Waals surface area (Å²) in [7, 11) is 0. The van der Waals surface area contributed by atoms with Crippen molar-refractivity contribution in [2.75, 3.05) is 52.9 Å². The Labute approximate surface area is 126 Å². The average molecular weight is 308 g/mol. The molecule has 0 atom stereocenters. The SMILES string of the molecule is C1COCCO1.CCOC(C)=O.CCOCCOC(C)=O. The van der Waals surface area contributed by atoms with Crippen LogP contribution in [0.3, 0.4) is 0 Å². The van der Waals surface area contributed by atoms with Gasteiger partial charge in [0.1, 0.15) is 6.61 Å². The molecule has 0 aliphatic carbocycles. The Morgan fingerprint density at radius 1 is 0.810 bits per heavy atom. The van der Waals surface area contributed by atoms with Crippen LogP contribution in [0.15, 0.2) is 0 Å². The van der Waals surface area contributed by atoms with Gasteiger partial charge in [-0.3, -0.25) is 9.59 Å². The molecule has 0 unspecified atom stereocenters. The summed E-state index contributed by atoms with van der Waals surface area (Å²) >= 11 is 0. The lowest BCUT2D eigenvalue weighted by Gasteiger charge is -2.09. The molecule has 7 heteroatoms. The first-order valence-corrected chi connectivity index (χ1v) is 7.04. The number of carbonyl (C=O) groups is 2. The van der Waals surface area contributed by atoms with Crippen LogP contribution in [0.2, 0.25) is 0 Å². The zero-order chi connectivity index (χ0) is 16.3. The molecular weight excluding hydrogens is 280 g/mol. The second-order valence-electron chi connectivity index (χ2n) is 3.69. The van der Waals surface area contributed by atoms with E-state index in [-0.39, 0.29) is 11.9 Å². The van der Waals surface area contributed by atoms with Crippen molar-refractivity contribution in [3.05, 3.63) is 0 Å². The molecule has 0 N–H and O–H groups in total. The highest BCUT2D eigenvalue weighted by atomic mass is 16.6. The predicted molar refractivity (Wildman–Crippen MR) is 77.1 cm³/mol. The van der Waals surface area contributed by atoms with Crippen LogP contribution in [-0.2, 0) is 33.3 Å². The first-order chi connectivity index (χ1) is 10.0. The maximum atomic E-state index is 10.1. The molecular formula is C14H28O7. The number of hydrogen-bond donors (Lipinski definition) is 0. The Bertz CT molecular complexity index is 228. The molecule has 0 aromatic carbocycles. The largest absolute Gasteiger partial charge is 0.466 e.